The second-order valence-corrected chi connectivity index (χ2v) is 8.60. The molecule has 4 heterocycles. The summed E-state index contributed by atoms with van der Waals surface area (Å²) < 4.78 is 62.2. The average Bonchev–Trinajstić information content (AvgIpc) is 3.32. The third-order valence-corrected chi connectivity index (χ3v) is 6.65. The van der Waals surface area contributed by atoms with Gasteiger partial charge in [-0.1, -0.05) is 17.8 Å². The van der Waals surface area contributed by atoms with Gasteiger partial charge >= 0.3 is 6.18 Å². The van der Waals surface area contributed by atoms with Crippen LogP contribution in [0.25, 0.3) is 0 Å². The van der Waals surface area contributed by atoms with Crippen molar-refractivity contribution in [3.63, 3.8) is 0 Å². The van der Waals surface area contributed by atoms with E-state index in [4.69, 9.17) is 18.9 Å². The van der Waals surface area contributed by atoms with Gasteiger partial charge in [0.2, 0.25) is 6.79 Å². The van der Waals surface area contributed by atoms with Gasteiger partial charge in [-0.05, 0) is 24.1 Å². The number of hydrogen-bond acceptors (Lipinski definition) is 8. The van der Waals surface area contributed by atoms with Crippen LogP contribution in [0.2, 0.25) is 0 Å². The summed E-state index contributed by atoms with van der Waals surface area (Å²) in [6, 6.07) is 2.68. The molecular formula is C18H19F3N2O5S. The minimum Gasteiger partial charge on any atom is -0.454 e. The minimum absolute atomic E-state index is 0.0923. The molecule has 0 spiro atoms. The van der Waals surface area contributed by atoms with Crippen molar-refractivity contribution < 1.29 is 37.2 Å². The van der Waals surface area contributed by atoms with E-state index in [0.29, 0.717) is 30.1 Å². The van der Waals surface area contributed by atoms with Gasteiger partial charge in [-0.25, -0.2) is 0 Å². The van der Waals surface area contributed by atoms with Crippen molar-refractivity contribution in [1.82, 2.24) is 5.32 Å². The molecule has 1 aromatic carbocycles. The van der Waals surface area contributed by atoms with Gasteiger partial charge in [-0.2, -0.15) is 13.2 Å². The van der Waals surface area contributed by atoms with Gasteiger partial charge in [0.15, 0.2) is 23.0 Å². The first-order chi connectivity index (χ1) is 13.9. The molecule has 4 aliphatic rings. The molecule has 29 heavy (non-hydrogen) atoms. The first-order valence-electron chi connectivity index (χ1n) is 9.29. The summed E-state index contributed by atoms with van der Waals surface area (Å²) >= 11 is 1.17. The number of nitrogens with zero attached hydrogens (tertiary/aromatic N) is 1. The minimum atomic E-state index is -4.42. The van der Waals surface area contributed by atoms with Crippen molar-refractivity contribution in [2.75, 3.05) is 13.4 Å². The van der Waals surface area contributed by atoms with Crippen LogP contribution in [0.1, 0.15) is 24.4 Å². The number of amidine groups is 1. The summed E-state index contributed by atoms with van der Waals surface area (Å²) in [5.74, 6) is 1.07. The predicted molar refractivity (Wildman–Crippen MR) is 97.0 cm³/mol. The maximum absolute atomic E-state index is 13.6. The highest BCUT2D eigenvalue weighted by molar-refractivity contribution is 8.14. The van der Waals surface area contributed by atoms with Gasteiger partial charge in [0.05, 0.1) is 18.8 Å². The quantitative estimate of drug-likeness (QED) is 0.743. The van der Waals surface area contributed by atoms with Crippen LogP contribution in [0.3, 0.4) is 0 Å². The van der Waals surface area contributed by atoms with Crippen LogP contribution in [-0.2, 0) is 9.47 Å². The monoisotopic (exact) mass is 432 g/mol. The van der Waals surface area contributed by atoms with Crippen LogP contribution in [0, 0.1) is 0 Å². The molecule has 0 saturated carbocycles. The molecule has 2 saturated heterocycles. The van der Waals surface area contributed by atoms with Crippen LogP contribution in [0.5, 0.6) is 11.5 Å². The number of ether oxygens (including phenoxy) is 4. The van der Waals surface area contributed by atoms with Crippen molar-refractivity contribution >= 4 is 16.9 Å². The van der Waals surface area contributed by atoms with Gasteiger partial charge < -0.3 is 29.4 Å². The number of thioether (sulfide) groups is 1. The highest BCUT2D eigenvalue weighted by Crippen LogP contribution is 2.41. The number of aliphatic imine (C=N–C) groups is 1. The molecule has 2 N–H and O–H groups in total. The fourth-order valence-corrected chi connectivity index (χ4v) is 5.15. The fraction of sp³-hybridized carbons (Fsp3) is 0.611. The second kappa shape index (κ2) is 7.22. The van der Waals surface area contributed by atoms with Gasteiger partial charge in [0.25, 0.3) is 0 Å². The Labute approximate surface area is 168 Å². The van der Waals surface area contributed by atoms with Gasteiger partial charge in [0, 0.05) is 11.7 Å². The van der Waals surface area contributed by atoms with Gasteiger partial charge in [-0.3, -0.25) is 4.99 Å². The standard InChI is InChI=1S/C18H19F3N2O5S/c19-18(20,21)15-4-9(8-1-2-11-12(3-8)27-7-26-11)22-17(23-15)29-14-5-10(24)16-25-6-13(14)28-16/h1-3,9-10,13-16,24H,4-7H2,(H,22,23)/t9-,10+,13-,14+,15+,16+/m0/s1. The van der Waals surface area contributed by atoms with Gasteiger partial charge in [0.1, 0.15) is 12.1 Å². The first-order valence-corrected chi connectivity index (χ1v) is 10.2. The van der Waals surface area contributed by atoms with E-state index < -0.39 is 30.7 Å². The van der Waals surface area contributed by atoms with E-state index in [2.05, 4.69) is 10.3 Å². The number of fused-ring (bicyclic) bond motifs is 3. The highest BCUT2D eigenvalue weighted by Gasteiger charge is 2.47. The van der Waals surface area contributed by atoms with E-state index >= 15 is 0 Å². The summed E-state index contributed by atoms with van der Waals surface area (Å²) in [4.78, 5) is 4.54. The van der Waals surface area contributed by atoms with E-state index in [-0.39, 0.29) is 29.7 Å². The molecule has 0 amide bonds. The zero-order valence-electron chi connectivity index (χ0n) is 15.1. The van der Waals surface area contributed by atoms with E-state index in [1.165, 1.54) is 11.8 Å². The number of alkyl halides is 3. The lowest BCUT2D eigenvalue weighted by molar-refractivity contribution is -0.155. The third kappa shape index (κ3) is 3.76. The zero-order chi connectivity index (χ0) is 20.2. The lowest BCUT2D eigenvalue weighted by atomic mass is 9.98. The Bertz CT molecular complexity index is 823. The Morgan fingerprint density at radius 1 is 1.17 bits per heavy atom. The Morgan fingerprint density at radius 3 is 2.83 bits per heavy atom. The number of nitrogens with one attached hydrogen (secondary N) is 1. The number of hydrogen-bond donors (Lipinski definition) is 2. The topological polar surface area (TPSA) is 81.5 Å². The van der Waals surface area contributed by atoms with Gasteiger partial charge in [-0.15, -0.1) is 0 Å². The molecule has 0 aromatic heterocycles. The number of rotatable bonds is 2. The average molecular weight is 432 g/mol. The van der Waals surface area contributed by atoms with Crippen LogP contribution >= 0.6 is 11.8 Å². The molecule has 4 aliphatic heterocycles. The zero-order valence-corrected chi connectivity index (χ0v) is 15.9. The highest BCUT2D eigenvalue weighted by atomic mass is 32.2. The van der Waals surface area contributed by atoms with Crippen LogP contribution < -0.4 is 14.8 Å². The lowest BCUT2D eigenvalue weighted by Gasteiger charge is -2.34. The van der Waals surface area contributed by atoms with Crippen molar-refractivity contribution in [2.24, 2.45) is 4.99 Å². The third-order valence-electron chi connectivity index (χ3n) is 5.41. The van der Waals surface area contributed by atoms with Crippen LogP contribution in [0.15, 0.2) is 23.2 Å². The molecule has 5 rings (SSSR count). The largest absolute Gasteiger partial charge is 0.454 e. The van der Waals surface area contributed by atoms with E-state index in [1.54, 1.807) is 18.2 Å². The van der Waals surface area contributed by atoms with Crippen molar-refractivity contribution in [3.8, 4) is 11.5 Å². The fourth-order valence-electron chi connectivity index (χ4n) is 3.88. The van der Waals surface area contributed by atoms with Crippen molar-refractivity contribution in [3.05, 3.63) is 23.8 Å². The number of aliphatic hydroxyl groups excluding tert-OH is 1. The van der Waals surface area contributed by atoms with Crippen molar-refractivity contribution in [1.29, 1.82) is 0 Å². The van der Waals surface area contributed by atoms with Crippen LogP contribution in [-0.4, -0.2) is 59.6 Å². The number of benzene rings is 1. The predicted octanol–water partition coefficient (Wildman–Crippen LogP) is 2.34. The molecule has 2 fully saturated rings. The summed E-state index contributed by atoms with van der Waals surface area (Å²) in [6.45, 7) is 0.399. The summed E-state index contributed by atoms with van der Waals surface area (Å²) in [6.07, 6.45) is -6.01. The number of aliphatic hydroxyl groups is 1. The Balaban J connectivity index is 1.40. The molecule has 0 radical (unpaired) electrons. The Morgan fingerprint density at radius 2 is 2.00 bits per heavy atom. The first kappa shape index (κ1) is 19.3. The molecule has 6 atom stereocenters. The van der Waals surface area contributed by atoms with Crippen LogP contribution in [0.4, 0.5) is 13.2 Å². The smallest absolute Gasteiger partial charge is 0.408 e. The Hall–Kier alpha value is -1.69. The summed E-state index contributed by atoms with van der Waals surface area (Å²) in [5.41, 5.74) is 0.632. The summed E-state index contributed by atoms with van der Waals surface area (Å²) in [5, 5.41) is 12.5. The normalized spacial score (nSPS) is 35.9. The molecule has 158 valence electrons. The molecule has 11 heteroatoms. The lowest BCUT2D eigenvalue weighted by Crippen LogP contribution is -2.49. The van der Waals surface area contributed by atoms with E-state index in [0.717, 1.165) is 0 Å². The molecular weight excluding hydrogens is 413 g/mol. The molecule has 0 aliphatic carbocycles. The maximum atomic E-state index is 13.6. The molecule has 0 unspecified atom stereocenters. The SMILES string of the molecule is O[C@@H]1C[C@@H](SC2=N[C@H](c3ccc4c(c3)OCO4)C[C@H](C(F)(F)F)N2)[C@@H]2CO[C@@H]1O2. The molecule has 2 bridgehead atoms. The molecule has 7 nitrogen and oxygen atoms in total. The van der Waals surface area contributed by atoms with Crippen molar-refractivity contribution in [2.45, 2.75) is 54.8 Å². The van der Waals surface area contributed by atoms with E-state index in [1.807, 2.05) is 0 Å². The second-order valence-electron chi connectivity index (χ2n) is 7.37. The maximum Gasteiger partial charge on any atom is 0.408 e. The Kier molecular flexibility index (Phi) is 4.80. The van der Waals surface area contributed by atoms with E-state index in [9.17, 15) is 18.3 Å². The number of halogens is 3. The molecule has 1 aromatic rings. The summed E-state index contributed by atoms with van der Waals surface area (Å²) in [7, 11) is 0.